The topological polar surface area (TPSA) is 97.6 Å². The Bertz CT molecular complexity index is 3790. The van der Waals surface area contributed by atoms with Gasteiger partial charge in [-0.2, -0.15) is 0 Å². The number of aliphatic hydroxyl groups excluding tert-OH is 1. The molecule has 0 fully saturated rings. The van der Waals surface area contributed by atoms with Gasteiger partial charge in [0, 0.05) is 74.9 Å². The van der Waals surface area contributed by atoms with Gasteiger partial charge < -0.3 is 21.5 Å². The van der Waals surface area contributed by atoms with Gasteiger partial charge in [-0.3, -0.25) is 4.79 Å². The summed E-state index contributed by atoms with van der Waals surface area (Å²) in [6.07, 6.45) is 0. The van der Waals surface area contributed by atoms with E-state index in [4.69, 9.17) is 34.5 Å². The minimum Gasteiger partial charge on any atom is -1.00 e. The molecule has 4 heterocycles. The number of alkyl halides is 1. The van der Waals surface area contributed by atoms with Crippen LogP contribution in [0, 0.1) is 64.7 Å². The van der Waals surface area contributed by atoms with E-state index in [1.807, 2.05) is 91.5 Å². The third kappa shape index (κ3) is 25.2. The Morgan fingerprint density at radius 3 is 1.46 bits per heavy atom. The first kappa shape index (κ1) is 74.1. The van der Waals surface area contributed by atoms with E-state index in [-0.39, 0.29) is 55.6 Å². The number of nitrogens with zero attached hydrogens (tertiary/aromatic N) is 1. The van der Waals surface area contributed by atoms with Crippen molar-refractivity contribution < 1.29 is 36.1 Å². The molecule has 6 nitrogen and oxygen atoms in total. The summed E-state index contributed by atoms with van der Waals surface area (Å²) in [6.45, 7) is 23.2. The van der Waals surface area contributed by atoms with Crippen molar-refractivity contribution in [3.05, 3.63) is 233 Å². The molecule has 2 unspecified atom stereocenters. The molecule has 4 aromatic heterocycles. The second kappa shape index (κ2) is 39.6. The van der Waals surface area contributed by atoms with Gasteiger partial charge >= 0.3 is 29.6 Å². The molecule has 422 valence electrons. The first-order valence-electron chi connectivity index (χ1n) is 25.1. The first-order valence-corrected chi connectivity index (χ1v) is 36.3. The van der Waals surface area contributed by atoms with Gasteiger partial charge in [-0.25, -0.2) is 4.98 Å². The van der Waals surface area contributed by atoms with Gasteiger partial charge in [0.05, 0.1) is 10.5 Å². The molecule has 6 aromatic carbocycles. The third-order valence-electron chi connectivity index (χ3n) is 11.9. The fraction of sp³-hybridized carbons (Fsp3) is 0.226. The largest absolute Gasteiger partial charge is 1.00 e. The minimum absolute atomic E-state index is 0. The second-order valence-electron chi connectivity index (χ2n) is 18.2. The van der Waals surface area contributed by atoms with Gasteiger partial charge in [0.1, 0.15) is 9.28 Å². The van der Waals surface area contributed by atoms with Crippen LogP contribution in [0.1, 0.15) is 87.9 Å². The Balaban J connectivity index is 0.000000499. The SMILES string of the molecule is CCO.Cc1cc(=O)[nH]c2ccccc12.Cc1cc(=S)[nH]c2ccccc12.Cc1cc(=S)[nH]c2ccccc12.Cc1ccc(C)c(C(C)Br)c1.Cc1ccc(C)c(C(C)Sc2cc(C)c3ccccc3n2)c1.Cl.S=PP=S=S=S=S.[H-].[Na+]. The summed E-state index contributed by atoms with van der Waals surface area (Å²) in [5.74, 6) is 0. The number of H-pyrrole nitrogens is 3. The van der Waals surface area contributed by atoms with Crippen molar-refractivity contribution >= 4 is 172 Å². The number of aliphatic hydroxyl groups is 1. The van der Waals surface area contributed by atoms with E-state index >= 15 is 0 Å². The predicted molar refractivity (Wildman–Crippen MR) is 379 cm³/mol. The standard InChI is InChI=1S/C20H21NS.C10H13Br.C10H9NO.2C10H9NS.C2H6O.ClH.Na.P2S5.H/c1-13-9-10-14(2)18(11-13)16(4)22-20-12-15(3)17-7-5-6-8-19(17)21-20;1-7-4-5-8(2)10(6-7)9(3)11;3*1-7-6-10(12)11-9-5-3-2-4-8(7)9;1-2-3;;;3-1-2-5-7-6-4;/h5-12,16H,1-4H3;4-6,9H,1-3H3;3*2-6H,1H3,(H,11,12);3H,2H2,1H3;1H;;;/q;;;;;;;+1;;-1. The van der Waals surface area contributed by atoms with E-state index in [2.05, 4.69) is 195 Å². The maximum atomic E-state index is 11.0. The fourth-order valence-electron chi connectivity index (χ4n) is 8.19. The number of fused-ring (bicyclic) bond motifs is 4. The van der Waals surface area contributed by atoms with Crippen LogP contribution in [0.2, 0.25) is 0 Å². The van der Waals surface area contributed by atoms with Gasteiger partial charge in [0.15, 0.2) is 0 Å². The molecule has 4 N–H and O–H groups in total. The Labute approximate surface area is 553 Å². The number of hydrogen-bond acceptors (Lipinski definition) is 8. The minimum atomic E-state index is -0.0359. The van der Waals surface area contributed by atoms with Crippen LogP contribution in [0.5, 0.6) is 0 Å². The third-order valence-corrected chi connectivity index (χ3v) is 23.9. The molecule has 10 aromatic rings. The number of benzene rings is 6. The number of aromatic nitrogens is 4. The van der Waals surface area contributed by atoms with Gasteiger partial charge in [-0.05, 0) is 213 Å². The molecule has 0 saturated heterocycles. The second-order valence-corrected chi connectivity index (χ2v) is 31.5. The zero-order chi connectivity index (χ0) is 58.0. The van der Waals surface area contributed by atoms with Crippen LogP contribution in [-0.2, 0) is 50.3 Å². The number of para-hydroxylation sites is 4. The first-order chi connectivity index (χ1) is 37.8. The van der Waals surface area contributed by atoms with E-state index in [9.17, 15) is 4.79 Å². The number of aryl methyl sites for hydroxylation is 8. The van der Waals surface area contributed by atoms with E-state index in [0.717, 1.165) is 54.4 Å². The van der Waals surface area contributed by atoms with Crippen molar-refractivity contribution in [2.75, 3.05) is 6.61 Å². The average molecular weight is 1360 g/mol. The molecular formula is C62H69BrClN4NaO2P2S8. The Morgan fingerprint density at radius 2 is 1.00 bits per heavy atom. The van der Waals surface area contributed by atoms with Gasteiger partial charge in [0.2, 0.25) is 5.56 Å². The van der Waals surface area contributed by atoms with Crippen molar-refractivity contribution in [2.45, 2.75) is 91.3 Å². The number of thioether (sulfide) groups is 1. The summed E-state index contributed by atoms with van der Waals surface area (Å²) in [6, 6.07) is 53.5. The summed E-state index contributed by atoms with van der Waals surface area (Å²) < 4.78 is 1.59. The predicted octanol–water partition coefficient (Wildman–Crippen LogP) is 17.3. The number of halogens is 2. The van der Waals surface area contributed by atoms with Crippen molar-refractivity contribution in [3.8, 4) is 0 Å². The molecule has 0 amide bonds. The molecule has 0 aliphatic carbocycles. The molecule has 0 spiro atoms. The van der Waals surface area contributed by atoms with Crippen LogP contribution < -0.4 is 35.1 Å². The van der Waals surface area contributed by atoms with Crippen molar-refractivity contribution in [1.29, 1.82) is 0 Å². The summed E-state index contributed by atoms with van der Waals surface area (Å²) in [5, 5.41) is 13.9. The number of rotatable bonds is 5. The van der Waals surface area contributed by atoms with Crippen LogP contribution in [0.3, 0.4) is 0 Å². The number of aromatic amines is 3. The smallest absolute Gasteiger partial charge is 1.00 e. The Hall–Kier alpha value is -3.02. The molecule has 0 radical (unpaired) electrons. The fourth-order valence-corrected chi connectivity index (χ4v) is 20.0. The zero-order valence-electron chi connectivity index (χ0n) is 48.6. The quantitative estimate of drug-likeness (QED) is 0.0445. The van der Waals surface area contributed by atoms with Crippen molar-refractivity contribution in [2.24, 2.45) is 0 Å². The number of hydrogen-bond donors (Lipinski definition) is 4. The molecule has 19 heteroatoms. The maximum absolute atomic E-state index is 11.0. The van der Waals surface area contributed by atoms with E-state index in [1.54, 1.807) is 31.4 Å². The van der Waals surface area contributed by atoms with Crippen LogP contribution in [0.4, 0.5) is 0 Å². The van der Waals surface area contributed by atoms with Gasteiger partial charge in [0.25, 0.3) is 0 Å². The Kier molecular flexibility index (Phi) is 36.2. The summed E-state index contributed by atoms with van der Waals surface area (Å²) in [5.41, 5.74) is 17.1. The van der Waals surface area contributed by atoms with Crippen molar-refractivity contribution in [1.82, 2.24) is 19.9 Å². The molecule has 0 saturated carbocycles. The van der Waals surface area contributed by atoms with E-state index in [0.29, 0.717) is 10.1 Å². The number of pyridine rings is 4. The van der Waals surface area contributed by atoms with Crippen LogP contribution in [-0.4, -0.2) is 31.6 Å². The van der Waals surface area contributed by atoms with Crippen molar-refractivity contribution in [3.63, 3.8) is 0 Å². The summed E-state index contributed by atoms with van der Waals surface area (Å²) >= 11 is 24.8. The Morgan fingerprint density at radius 1 is 0.593 bits per heavy atom. The normalized spacial score (nSPS) is 10.8. The van der Waals surface area contributed by atoms with E-state index < -0.39 is 0 Å². The van der Waals surface area contributed by atoms with Gasteiger partial charge in [-0.15, -0.1) is 12.4 Å². The molecule has 0 aliphatic rings. The summed E-state index contributed by atoms with van der Waals surface area (Å²) in [7, 11) is 6.83. The maximum Gasteiger partial charge on any atom is 1.00 e. The van der Waals surface area contributed by atoms with Crippen LogP contribution in [0.15, 0.2) is 168 Å². The summed E-state index contributed by atoms with van der Waals surface area (Å²) in [4.78, 5) is 25.4. The monoisotopic (exact) mass is 1360 g/mol. The average Bonchev–Trinajstić information content (AvgIpc) is 3.41. The molecule has 81 heavy (non-hydrogen) atoms. The molecule has 2 atom stereocenters. The molecule has 0 bridgehead atoms. The van der Waals surface area contributed by atoms with E-state index in [1.165, 1.54) is 82.2 Å². The molecular weight excluding hydrogens is 1290 g/mol. The molecule has 0 aliphatic heterocycles. The molecule has 10 rings (SSSR count). The number of nitrogens with one attached hydrogen (secondary N) is 3. The van der Waals surface area contributed by atoms with Gasteiger partial charge in [-0.1, -0.05) is 172 Å². The van der Waals surface area contributed by atoms with Crippen LogP contribution in [0.25, 0.3) is 43.6 Å². The zero-order valence-corrected chi connectivity index (χ0v) is 60.3. The van der Waals surface area contributed by atoms with Crippen LogP contribution >= 0.6 is 78.6 Å².